The number of aromatic nitrogens is 3. The molecule has 1 N–H and O–H groups in total. The summed E-state index contributed by atoms with van der Waals surface area (Å²) in [5.74, 6) is -0.284. The van der Waals surface area contributed by atoms with Crippen LogP contribution in [0.1, 0.15) is 30.0 Å². The van der Waals surface area contributed by atoms with Crippen LogP contribution in [0.4, 0.5) is 4.39 Å². The van der Waals surface area contributed by atoms with Crippen LogP contribution < -0.4 is 5.32 Å². The van der Waals surface area contributed by atoms with E-state index < -0.39 is 0 Å². The summed E-state index contributed by atoms with van der Waals surface area (Å²) >= 11 is 3.55. The van der Waals surface area contributed by atoms with Crippen LogP contribution in [0.2, 0.25) is 0 Å². The fourth-order valence-corrected chi connectivity index (χ4v) is 2.76. The van der Waals surface area contributed by atoms with E-state index in [-0.39, 0.29) is 11.9 Å². The van der Waals surface area contributed by atoms with Gasteiger partial charge in [-0.3, -0.25) is 9.67 Å². The molecular weight excluding hydrogens is 323 g/mol. The number of pyridine rings is 1. The van der Waals surface area contributed by atoms with Crippen molar-refractivity contribution in [3.05, 3.63) is 45.7 Å². The second-order valence-electron chi connectivity index (χ2n) is 4.65. The zero-order valence-corrected chi connectivity index (χ0v) is 13.4. The molecule has 0 amide bonds. The topological polar surface area (TPSA) is 42.7 Å². The molecule has 0 aliphatic heterocycles. The third kappa shape index (κ3) is 3.07. The predicted molar refractivity (Wildman–Crippen MR) is 80.0 cm³/mol. The molecule has 0 aliphatic carbocycles. The molecule has 0 radical (unpaired) electrons. The van der Waals surface area contributed by atoms with Crippen LogP contribution in [0.15, 0.2) is 22.8 Å². The first kappa shape index (κ1) is 15.1. The Balaban J connectivity index is 2.33. The molecule has 4 nitrogen and oxygen atoms in total. The lowest BCUT2D eigenvalue weighted by molar-refractivity contribution is 0.482. The second kappa shape index (κ2) is 6.45. The molecule has 1 unspecified atom stereocenters. The SMILES string of the molecule is CCNC(Cc1c(Br)c(C)nn1C)c1ncccc1F. The minimum Gasteiger partial charge on any atom is -0.308 e. The van der Waals surface area contributed by atoms with E-state index in [1.165, 1.54) is 6.07 Å². The Labute approximate surface area is 126 Å². The minimum atomic E-state index is -0.284. The lowest BCUT2D eigenvalue weighted by atomic mass is 10.1. The van der Waals surface area contributed by atoms with Gasteiger partial charge >= 0.3 is 0 Å². The Kier molecular flexibility index (Phi) is 4.88. The standard InChI is InChI=1S/C14H18BrFN4/c1-4-17-11(14-10(16)6-5-7-18-14)8-12-13(15)9(2)19-20(12)3/h5-7,11,17H,4,8H2,1-3H3. The zero-order valence-electron chi connectivity index (χ0n) is 11.8. The summed E-state index contributed by atoms with van der Waals surface area (Å²) in [4.78, 5) is 4.18. The van der Waals surface area contributed by atoms with Gasteiger partial charge in [-0.15, -0.1) is 0 Å². The Morgan fingerprint density at radius 2 is 2.25 bits per heavy atom. The number of likely N-dealkylation sites (N-methyl/N-ethyl adjacent to an activating group) is 1. The third-order valence-electron chi connectivity index (χ3n) is 3.23. The average Bonchev–Trinajstić information content (AvgIpc) is 2.65. The highest BCUT2D eigenvalue weighted by molar-refractivity contribution is 9.10. The lowest BCUT2D eigenvalue weighted by Gasteiger charge is -2.18. The number of nitrogens with zero attached hydrogens (tertiary/aromatic N) is 3. The first-order chi connectivity index (χ1) is 9.54. The summed E-state index contributed by atoms with van der Waals surface area (Å²) < 4.78 is 16.7. The predicted octanol–water partition coefficient (Wildman–Crippen LogP) is 2.92. The van der Waals surface area contributed by atoms with Gasteiger partial charge in [0.2, 0.25) is 0 Å². The molecule has 0 saturated heterocycles. The molecule has 2 heterocycles. The quantitative estimate of drug-likeness (QED) is 0.909. The zero-order chi connectivity index (χ0) is 14.7. The van der Waals surface area contributed by atoms with Crippen molar-refractivity contribution in [3.63, 3.8) is 0 Å². The Morgan fingerprint density at radius 1 is 1.50 bits per heavy atom. The number of hydrogen-bond donors (Lipinski definition) is 1. The van der Waals surface area contributed by atoms with Crippen LogP contribution >= 0.6 is 15.9 Å². The highest BCUT2D eigenvalue weighted by atomic mass is 79.9. The first-order valence-electron chi connectivity index (χ1n) is 6.56. The molecule has 0 aliphatic rings. The van der Waals surface area contributed by atoms with Crippen molar-refractivity contribution in [3.8, 4) is 0 Å². The van der Waals surface area contributed by atoms with Gasteiger partial charge in [0.25, 0.3) is 0 Å². The van der Waals surface area contributed by atoms with Gasteiger partial charge in [0, 0.05) is 19.7 Å². The van der Waals surface area contributed by atoms with Gasteiger partial charge in [-0.25, -0.2) is 4.39 Å². The molecule has 20 heavy (non-hydrogen) atoms. The van der Waals surface area contributed by atoms with E-state index in [2.05, 4.69) is 31.3 Å². The van der Waals surface area contributed by atoms with Gasteiger partial charge in [-0.1, -0.05) is 6.92 Å². The van der Waals surface area contributed by atoms with Crippen LogP contribution in [0.5, 0.6) is 0 Å². The summed E-state index contributed by atoms with van der Waals surface area (Å²) in [7, 11) is 1.89. The Bertz CT molecular complexity index is 597. The molecule has 2 aromatic heterocycles. The van der Waals surface area contributed by atoms with Crippen LogP contribution in [0.25, 0.3) is 0 Å². The smallest absolute Gasteiger partial charge is 0.146 e. The fraction of sp³-hybridized carbons (Fsp3) is 0.429. The molecule has 1 atom stereocenters. The summed E-state index contributed by atoms with van der Waals surface area (Å²) in [6.07, 6.45) is 2.24. The van der Waals surface area contributed by atoms with E-state index in [1.54, 1.807) is 12.3 Å². The van der Waals surface area contributed by atoms with Crippen molar-refractivity contribution in [2.75, 3.05) is 6.54 Å². The lowest BCUT2D eigenvalue weighted by Crippen LogP contribution is -2.26. The minimum absolute atomic E-state index is 0.174. The molecular formula is C14H18BrFN4. The van der Waals surface area contributed by atoms with Gasteiger partial charge in [0.05, 0.1) is 27.6 Å². The molecule has 0 fully saturated rings. The van der Waals surface area contributed by atoms with E-state index in [9.17, 15) is 4.39 Å². The van der Waals surface area contributed by atoms with Gasteiger partial charge in [-0.05, 0) is 41.5 Å². The van der Waals surface area contributed by atoms with E-state index in [4.69, 9.17) is 0 Å². The number of rotatable bonds is 5. The number of hydrogen-bond acceptors (Lipinski definition) is 3. The highest BCUT2D eigenvalue weighted by Crippen LogP contribution is 2.26. The molecule has 2 rings (SSSR count). The van der Waals surface area contributed by atoms with Crippen molar-refractivity contribution < 1.29 is 4.39 Å². The monoisotopic (exact) mass is 340 g/mol. The molecule has 0 spiro atoms. The summed E-state index contributed by atoms with van der Waals surface area (Å²) in [6.45, 7) is 4.68. The number of aryl methyl sites for hydroxylation is 2. The van der Waals surface area contributed by atoms with E-state index in [0.717, 1.165) is 22.4 Å². The van der Waals surface area contributed by atoms with E-state index in [0.29, 0.717) is 12.1 Å². The van der Waals surface area contributed by atoms with Crippen LogP contribution in [-0.4, -0.2) is 21.3 Å². The van der Waals surface area contributed by atoms with Crippen molar-refractivity contribution in [1.82, 2.24) is 20.1 Å². The average molecular weight is 341 g/mol. The second-order valence-corrected chi connectivity index (χ2v) is 5.45. The maximum Gasteiger partial charge on any atom is 0.146 e. The summed E-state index contributed by atoms with van der Waals surface area (Å²) in [5, 5.41) is 7.66. The maximum absolute atomic E-state index is 13.9. The van der Waals surface area contributed by atoms with Gasteiger partial charge in [0.1, 0.15) is 5.82 Å². The van der Waals surface area contributed by atoms with Gasteiger partial charge in [-0.2, -0.15) is 5.10 Å². The van der Waals surface area contributed by atoms with Crippen molar-refractivity contribution in [2.24, 2.45) is 7.05 Å². The molecule has 2 aromatic rings. The third-order valence-corrected chi connectivity index (χ3v) is 4.26. The molecule has 0 bridgehead atoms. The Hall–Kier alpha value is -1.27. The molecule has 0 saturated carbocycles. The summed E-state index contributed by atoms with van der Waals surface area (Å²) in [6, 6.07) is 2.87. The maximum atomic E-state index is 13.9. The largest absolute Gasteiger partial charge is 0.308 e. The van der Waals surface area contributed by atoms with Crippen LogP contribution in [0.3, 0.4) is 0 Å². The number of nitrogens with one attached hydrogen (secondary N) is 1. The fourth-order valence-electron chi connectivity index (χ4n) is 2.26. The van der Waals surface area contributed by atoms with E-state index >= 15 is 0 Å². The van der Waals surface area contributed by atoms with Crippen LogP contribution in [-0.2, 0) is 13.5 Å². The van der Waals surface area contributed by atoms with Crippen molar-refractivity contribution >= 4 is 15.9 Å². The first-order valence-corrected chi connectivity index (χ1v) is 7.35. The van der Waals surface area contributed by atoms with Gasteiger partial charge < -0.3 is 5.32 Å². The van der Waals surface area contributed by atoms with Crippen LogP contribution in [0, 0.1) is 12.7 Å². The molecule has 0 aromatic carbocycles. The summed E-state index contributed by atoms with van der Waals surface area (Å²) in [5.41, 5.74) is 2.40. The molecule has 6 heteroatoms. The van der Waals surface area contributed by atoms with E-state index in [1.807, 2.05) is 25.6 Å². The normalized spacial score (nSPS) is 12.7. The van der Waals surface area contributed by atoms with Gasteiger partial charge in [0.15, 0.2) is 0 Å². The highest BCUT2D eigenvalue weighted by Gasteiger charge is 2.21. The molecule has 108 valence electrons. The van der Waals surface area contributed by atoms with Crippen molar-refractivity contribution in [2.45, 2.75) is 26.3 Å². The van der Waals surface area contributed by atoms with Crippen molar-refractivity contribution in [1.29, 1.82) is 0 Å². The number of halogens is 2. The Morgan fingerprint density at radius 3 is 2.80 bits per heavy atom.